The highest BCUT2D eigenvalue weighted by Crippen LogP contribution is 2.32. The van der Waals surface area contributed by atoms with Gasteiger partial charge in [0.05, 0.1) is 16.6 Å². The van der Waals surface area contributed by atoms with Gasteiger partial charge in [0, 0.05) is 30.3 Å². The molecule has 2 aromatic carbocycles. The molecule has 1 fully saturated rings. The van der Waals surface area contributed by atoms with Crippen molar-refractivity contribution in [2.45, 2.75) is 44.6 Å². The van der Waals surface area contributed by atoms with Crippen molar-refractivity contribution in [3.05, 3.63) is 60.5 Å². The van der Waals surface area contributed by atoms with Crippen molar-refractivity contribution in [2.24, 2.45) is 5.92 Å². The number of H-pyrrole nitrogens is 1. The minimum atomic E-state index is -4.82. The number of carboxylic acids is 1. The number of hydrogen-bond donors (Lipinski definition) is 2. The summed E-state index contributed by atoms with van der Waals surface area (Å²) in [7, 11) is 0. The van der Waals surface area contributed by atoms with E-state index < -0.39 is 23.9 Å². The van der Waals surface area contributed by atoms with Gasteiger partial charge < -0.3 is 19.6 Å². The zero-order chi connectivity index (χ0) is 26.9. The SMILES string of the molecule is O=C(O)CC1CCC(Oc2ccc(-c3ccc(-c4nc5ccc(OC(F)(F)F)cc5[nH]4)c(F)c3)cn2)CC1. The molecule has 0 spiro atoms. The molecule has 2 heterocycles. The lowest BCUT2D eigenvalue weighted by atomic mass is 9.85. The maximum Gasteiger partial charge on any atom is 0.573 e. The topological polar surface area (TPSA) is 97.3 Å². The van der Waals surface area contributed by atoms with Gasteiger partial charge in [-0.1, -0.05) is 6.07 Å². The number of nitrogens with zero attached hydrogens (tertiary/aromatic N) is 2. The lowest BCUT2D eigenvalue weighted by Gasteiger charge is -2.27. The normalized spacial score (nSPS) is 17.9. The lowest BCUT2D eigenvalue weighted by molar-refractivity contribution is -0.274. The molecule has 1 aliphatic rings. The molecule has 11 heteroatoms. The Balaban J connectivity index is 1.26. The number of aromatic nitrogens is 3. The van der Waals surface area contributed by atoms with Crippen LogP contribution < -0.4 is 9.47 Å². The molecule has 0 aliphatic heterocycles. The van der Waals surface area contributed by atoms with Gasteiger partial charge in [0.15, 0.2) is 0 Å². The molecule has 0 unspecified atom stereocenters. The monoisotopic (exact) mass is 529 g/mol. The van der Waals surface area contributed by atoms with Crippen molar-refractivity contribution < 1.29 is 36.9 Å². The smallest absolute Gasteiger partial charge is 0.481 e. The highest BCUT2D eigenvalue weighted by atomic mass is 19.4. The van der Waals surface area contributed by atoms with Crippen LogP contribution in [-0.2, 0) is 4.79 Å². The molecule has 0 bridgehead atoms. The minimum Gasteiger partial charge on any atom is -0.481 e. The van der Waals surface area contributed by atoms with Gasteiger partial charge in [0.2, 0.25) is 5.88 Å². The van der Waals surface area contributed by atoms with Gasteiger partial charge in [-0.2, -0.15) is 0 Å². The molecular formula is C27H23F4N3O4. The van der Waals surface area contributed by atoms with E-state index >= 15 is 4.39 Å². The molecule has 5 rings (SSSR count). The standard InChI is InChI=1S/C27H23F4N3O4/c28-21-12-16(17-4-10-24(32-14-17)37-18-5-1-15(2-6-18)11-25(35)36)3-8-20(21)26-33-22-9-7-19(13-23(22)34-26)38-27(29,30)31/h3-4,7-10,12-15,18H,1-2,5-6,11H2,(H,33,34)(H,35,36). The van der Waals surface area contributed by atoms with E-state index in [0.717, 1.165) is 37.8 Å². The fourth-order valence-corrected chi connectivity index (χ4v) is 4.69. The maximum absolute atomic E-state index is 15.0. The lowest BCUT2D eigenvalue weighted by Crippen LogP contribution is -2.25. The van der Waals surface area contributed by atoms with Crippen LogP contribution >= 0.6 is 0 Å². The summed E-state index contributed by atoms with van der Waals surface area (Å²) in [6.45, 7) is 0. The van der Waals surface area contributed by atoms with Crippen molar-refractivity contribution >= 4 is 17.0 Å². The van der Waals surface area contributed by atoms with Crippen LogP contribution in [-0.4, -0.2) is 38.5 Å². The summed E-state index contributed by atoms with van der Waals surface area (Å²) in [5.41, 5.74) is 2.06. The first-order chi connectivity index (χ1) is 18.1. The van der Waals surface area contributed by atoms with Gasteiger partial charge in [-0.25, -0.2) is 14.4 Å². The van der Waals surface area contributed by atoms with Crippen LogP contribution in [0, 0.1) is 11.7 Å². The fourth-order valence-electron chi connectivity index (χ4n) is 4.69. The number of fused-ring (bicyclic) bond motifs is 1. The van der Waals surface area contributed by atoms with E-state index in [1.54, 1.807) is 24.4 Å². The summed E-state index contributed by atoms with van der Waals surface area (Å²) in [4.78, 5) is 22.3. The zero-order valence-electron chi connectivity index (χ0n) is 20.0. The number of carboxylic acid groups (broad SMARTS) is 1. The Labute approximate surface area is 214 Å². The van der Waals surface area contributed by atoms with Crippen molar-refractivity contribution in [1.29, 1.82) is 0 Å². The summed E-state index contributed by atoms with van der Waals surface area (Å²) in [5.74, 6) is -0.936. The van der Waals surface area contributed by atoms with Crippen molar-refractivity contribution in [1.82, 2.24) is 15.0 Å². The number of pyridine rings is 1. The molecule has 2 N–H and O–H groups in total. The van der Waals surface area contributed by atoms with Gasteiger partial charge in [0.25, 0.3) is 0 Å². The molecule has 198 valence electrons. The second-order valence-corrected chi connectivity index (χ2v) is 9.25. The largest absolute Gasteiger partial charge is 0.573 e. The number of rotatable bonds is 7. The first-order valence-electron chi connectivity index (χ1n) is 12.0. The van der Waals surface area contributed by atoms with E-state index in [-0.39, 0.29) is 35.3 Å². The second-order valence-electron chi connectivity index (χ2n) is 9.25. The highest BCUT2D eigenvalue weighted by Gasteiger charge is 2.31. The number of benzene rings is 2. The number of carbonyl (C=O) groups is 1. The molecule has 1 aliphatic carbocycles. The van der Waals surface area contributed by atoms with Gasteiger partial charge >= 0.3 is 12.3 Å². The first kappa shape index (κ1) is 25.5. The average Bonchev–Trinajstić information content (AvgIpc) is 3.27. The number of alkyl halides is 3. The summed E-state index contributed by atoms with van der Waals surface area (Å²) in [5, 5.41) is 8.94. The number of nitrogens with one attached hydrogen (secondary N) is 1. The van der Waals surface area contributed by atoms with E-state index in [1.165, 1.54) is 18.2 Å². The fraction of sp³-hybridized carbons (Fsp3) is 0.296. The third kappa shape index (κ3) is 6.04. The number of aromatic amines is 1. The molecule has 7 nitrogen and oxygen atoms in total. The van der Waals surface area contributed by atoms with Crippen LogP contribution in [0.5, 0.6) is 11.6 Å². The second kappa shape index (κ2) is 10.3. The van der Waals surface area contributed by atoms with Crippen LogP contribution in [0.2, 0.25) is 0 Å². The molecule has 0 atom stereocenters. The Kier molecular flexibility index (Phi) is 6.92. The molecule has 2 aromatic heterocycles. The van der Waals surface area contributed by atoms with Gasteiger partial charge in [-0.15, -0.1) is 13.2 Å². The summed E-state index contributed by atoms with van der Waals surface area (Å²) >= 11 is 0. The van der Waals surface area contributed by atoms with E-state index in [2.05, 4.69) is 19.7 Å². The highest BCUT2D eigenvalue weighted by molar-refractivity contribution is 5.81. The van der Waals surface area contributed by atoms with Crippen molar-refractivity contribution in [2.75, 3.05) is 0 Å². The maximum atomic E-state index is 15.0. The van der Waals surface area contributed by atoms with Crippen molar-refractivity contribution in [3.8, 4) is 34.1 Å². The number of hydrogen-bond acceptors (Lipinski definition) is 5. The van der Waals surface area contributed by atoms with Crippen LogP contribution in [0.1, 0.15) is 32.1 Å². The Morgan fingerprint density at radius 3 is 2.45 bits per heavy atom. The summed E-state index contributed by atoms with van der Waals surface area (Å²) in [6, 6.07) is 11.7. The number of halogens is 4. The first-order valence-corrected chi connectivity index (χ1v) is 12.0. The Bertz CT molecular complexity index is 1450. The van der Waals surface area contributed by atoms with E-state index in [0.29, 0.717) is 22.5 Å². The number of ether oxygens (including phenoxy) is 2. The van der Waals surface area contributed by atoms with E-state index in [9.17, 15) is 18.0 Å². The molecule has 38 heavy (non-hydrogen) atoms. The third-order valence-corrected chi connectivity index (χ3v) is 6.53. The molecule has 0 saturated heterocycles. The average molecular weight is 529 g/mol. The summed E-state index contributed by atoms with van der Waals surface area (Å²) < 4.78 is 62.4. The van der Waals surface area contributed by atoms with Gasteiger partial charge in [-0.3, -0.25) is 4.79 Å². The van der Waals surface area contributed by atoms with Crippen molar-refractivity contribution in [3.63, 3.8) is 0 Å². The Morgan fingerprint density at radius 2 is 1.79 bits per heavy atom. The van der Waals surface area contributed by atoms with Gasteiger partial charge in [-0.05, 0) is 67.5 Å². The molecule has 0 radical (unpaired) electrons. The number of aliphatic carboxylic acids is 1. The number of imidazole rings is 1. The third-order valence-electron chi connectivity index (χ3n) is 6.53. The molecule has 4 aromatic rings. The predicted molar refractivity (Wildman–Crippen MR) is 130 cm³/mol. The Hall–Kier alpha value is -4.15. The van der Waals surface area contributed by atoms with Crippen LogP contribution in [0.25, 0.3) is 33.5 Å². The zero-order valence-corrected chi connectivity index (χ0v) is 20.0. The van der Waals surface area contributed by atoms with Crippen LogP contribution in [0.15, 0.2) is 54.7 Å². The molecule has 1 saturated carbocycles. The minimum absolute atomic E-state index is 0.0185. The quantitative estimate of drug-likeness (QED) is 0.257. The summed E-state index contributed by atoms with van der Waals surface area (Å²) in [6.07, 6.45) is 0.0735. The molecule has 0 amide bonds. The van der Waals surface area contributed by atoms with Gasteiger partial charge in [0.1, 0.15) is 23.5 Å². The van der Waals surface area contributed by atoms with Crippen LogP contribution in [0.3, 0.4) is 0 Å². The van der Waals surface area contributed by atoms with E-state index in [4.69, 9.17) is 9.84 Å². The van der Waals surface area contributed by atoms with Crippen LogP contribution in [0.4, 0.5) is 17.6 Å². The Morgan fingerprint density at radius 1 is 1.03 bits per heavy atom. The van der Waals surface area contributed by atoms with E-state index in [1.807, 2.05) is 0 Å². The molecular weight excluding hydrogens is 506 g/mol. The predicted octanol–water partition coefficient (Wildman–Crippen LogP) is 6.74.